The maximum absolute atomic E-state index is 12.2. The minimum absolute atomic E-state index is 0.282. The number of thiophene rings is 1. The van der Waals surface area contributed by atoms with E-state index in [1.54, 1.807) is 25.1 Å². The SMILES string of the molecule is Cc1sc(CN)cc1S(=O)(=O)Nc1ccncc1. The second-order valence-corrected chi connectivity index (χ2v) is 6.67. The molecule has 0 amide bonds. The van der Waals surface area contributed by atoms with Crippen molar-refractivity contribution in [3.8, 4) is 0 Å². The Hall–Kier alpha value is -1.44. The molecule has 0 fully saturated rings. The van der Waals surface area contributed by atoms with E-state index >= 15 is 0 Å². The van der Waals surface area contributed by atoms with E-state index in [2.05, 4.69) is 9.71 Å². The summed E-state index contributed by atoms with van der Waals surface area (Å²) in [4.78, 5) is 5.70. The van der Waals surface area contributed by atoms with Crippen LogP contribution >= 0.6 is 11.3 Å². The lowest BCUT2D eigenvalue weighted by Crippen LogP contribution is -2.13. The first-order valence-corrected chi connectivity index (χ1v) is 7.55. The minimum atomic E-state index is -3.56. The van der Waals surface area contributed by atoms with Gasteiger partial charge in [0.2, 0.25) is 0 Å². The van der Waals surface area contributed by atoms with Gasteiger partial charge in [0.15, 0.2) is 0 Å². The molecule has 0 atom stereocenters. The molecule has 0 radical (unpaired) electrons. The molecular weight excluding hydrogens is 270 g/mol. The molecule has 2 aromatic rings. The lowest BCUT2D eigenvalue weighted by atomic mass is 10.4. The molecule has 2 rings (SSSR count). The Balaban J connectivity index is 2.34. The number of nitrogens with two attached hydrogens (primary N) is 1. The Morgan fingerprint density at radius 1 is 1.39 bits per heavy atom. The van der Waals surface area contributed by atoms with Gasteiger partial charge in [-0.25, -0.2) is 8.42 Å². The normalized spacial score (nSPS) is 11.4. The largest absolute Gasteiger partial charge is 0.326 e. The highest BCUT2D eigenvalue weighted by Gasteiger charge is 2.19. The Kier molecular flexibility index (Phi) is 3.65. The van der Waals surface area contributed by atoms with Crippen LogP contribution in [0.1, 0.15) is 9.75 Å². The molecule has 0 spiro atoms. The fourth-order valence-corrected chi connectivity index (χ4v) is 4.10. The first-order valence-electron chi connectivity index (χ1n) is 5.25. The number of nitrogens with zero attached hydrogens (tertiary/aromatic N) is 1. The highest BCUT2D eigenvalue weighted by molar-refractivity contribution is 7.93. The van der Waals surface area contributed by atoms with Crippen molar-refractivity contribution in [2.75, 3.05) is 4.72 Å². The summed E-state index contributed by atoms with van der Waals surface area (Å²) < 4.78 is 26.9. The van der Waals surface area contributed by atoms with Crippen molar-refractivity contribution in [1.29, 1.82) is 0 Å². The number of hydrogen-bond acceptors (Lipinski definition) is 5. The van der Waals surface area contributed by atoms with Crippen LogP contribution in [-0.4, -0.2) is 13.4 Å². The number of rotatable bonds is 4. The Morgan fingerprint density at radius 3 is 2.61 bits per heavy atom. The number of hydrogen-bond donors (Lipinski definition) is 2. The number of nitrogens with one attached hydrogen (secondary N) is 1. The van der Waals surface area contributed by atoms with Gasteiger partial charge in [-0.05, 0) is 25.1 Å². The van der Waals surface area contributed by atoms with Crippen LogP contribution in [0.4, 0.5) is 5.69 Å². The van der Waals surface area contributed by atoms with Gasteiger partial charge >= 0.3 is 0 Å². The molecule has 96 valence electrons. The van der Waals surface area contributed by atoms with E-state index in [0.717, 1.165) is 9.75 Å². The van der Waals surface area contributed by atoms with Crippen molar-refractivity contribution in [1.82, 2.24) is 4.98 Å². The monoisotopic (exact) mass is 283 g/mol. The Labute approximate surface area is 110 Å². The van der Waals surface area contributed by atoms with Gasteiger partial charge in [-0.1, -0.05) is 0 Å². The number of aromatic nitrogens is 1. The van der Waals surface area contributed by atoms with E-state index in [1.807, 2.05) is 0 Å². The molecule has 0 aliphatic carbocycles. The molecule has 2 heterocycles. The van der Waals surface area contributed by atoms with Gasteiger partial charge in [0.25, 0.3) is 10.0 Å². The Bertz CT molecular complexity index is 636. The number of sulfonamides is 1. The third-order valence-electron chi connectivity index (χ3n) is 2.35. The zero-order valence-electron chi connectivity index (χ0n) is 9.75. The molecule has 0 saturated carbocycles. The lowest BCUT2D eigenvalue weighted by Gasteiger charge is -2.06. The summed E-state index contributed by atoms with van der Waals surface area (Å²) in [5.41, 5.74) is 6.01. The van der Waals surface area contributed by atoms with Crippen LogP contribution in [0.2, 0.25) is 0 Å². The quantitative estimate of drug-likeness (QED) is 0.894. The van der Waals surface area contributed by atoms with Crippen molar-refractivity contribution >= 4 is 27.0 Å². The molecule has 18 heavy (non-hydrogen) atoms. The summed E-state index contributed by atoms with van der Waals surface area (Å²) in [6.45, 7) is 2.11. The van der Waals surface area contributed by atoms with Gasteiger partial charge in [-0.15, -0.1) is 11.3 Å². The molecule has 5 nitrogen and oxygen atoms in total. The summed E-state index contributed by atoms with van der Waals surface area (Å²) in [6.07, 6.45) is 3.06. The summed E-state index contributed by atoms with van der Waals surface area (Å²) >= 11 is 1.40. The number of pyridine rings is 1. The minimum Gasteiger partial charge on any atom is -0.326 e. The van der Waals surface area contributed by atoms with Gasteiger partial charge in [0, 0.05) is 28.7 Å². The zero-order valence-corrected chi connectivity index (χ0v) is 11.4. The van der Waals surface area contributed by atoms with Crippen LogP contribution in [0.25, 0.3) is 0 Å². The predicted molar refractivity (Wildman–Crippen MR) is 72.0 cm³/mol. The van der Waals surface area contributed by atoms with E-state index in [1.165, 1.54) is 23.7 Å². The topological polar surface area (TPSA) is 85.1 Å². The maximum Gasteiger partial charge on any atom is 0.263 e. The van der Waals surface area contributed by atoms with Crippen LogP contribution < -0.4 is 10.5 Å². The fraction of sp³-hybridized carbons (Fsp3) is 0.182. The molecule has 3 N–H and O–H groups in total. The summed E-state index contributed by atoms with van der Waals surface area (Å²) in [5, 5.41) is 0. The molecule has 0 bridgehead atoms. The van der Waals surface area contributed by atoms with Crippen LogP contribution in [0.5, 0.6) is 0 Å². The summed E-state index contributed by atoms with van der Waals surface area (Å²) in [6, 6.07) is 4.82. The number of anilines is 1. The van der Waals surface area contributed by atoms with Crippen molar-refractivity contribution in [2.45, 2.75) is 18.4 Å². The van der Waals surface area contributed by atoms with E-state index in [-0.39, 0.29) is 4.90 Å². The second kappa shape index (κ2) is 5.05. The molecule has 2 aromatic heterocycles. The predicted octanol–water partition coefficient (Wildman–Crippen LogP) is 1.71. The van der Waals surface area contributed by atoms with Crippen molar-refractivity contribution in [2.24, 2.45) is 5.73 Å². The standard InChI is InChI=1S/C11H13N3O2S2/c1-8-11(6-10(7-12)17-8)18(15,16)14-9-2-4-13-5-3-9/h2-6H,7,12H2,1H3,(H,13,14). The third kappa shape index (κ3) is 2.69. The van der Waals surface area contributed by atoms with E-state index in [4.69, 9.17) is 5.73 Å². The first-order chi connectivity index (χ1) is 8.53. The van der Waals surface area contributed by atoms with E-state index in [9.17, 15) is 8.42 Å². The lowest BCUT2D eigenvalue weighted by molar-refractivity contribution is 0.601. The second-order valence-electron chi connectivity index (χ2n) is 3.68. The van der Waals surface area contributed by atoms with Gasteiger partial charge in [-0.3, -0.25) is 9.71 Å². The van der Waals surface area contributed by atoms with E-state index < -0.39 is 10.0 Å². The smallest absolute Gasteiger partial charge is 0.263 e. The van der Waals surface area contributed by atoms with E-state index in [0.29, 0.717) is 12.2 Å². The summed E-state index contributed by atoms with van der Waals surface area (Å²) in [5.74, 6) is 0. The average molecular weight is 283 g/mol. The van der Waals surface area contributed by atoms with Crippen molar-refractivity contribution in [3.05, 3.63) is 40.3 Å². The Morgan fingerprint density at radius 2 is 2.06 bits per heavy atom. The molecule has 7 heteroatoms. The van der Waals surface area contributed by atoms with Crippen LogP contribution in [0, 0.1) is 6.92 Å². The molecule has 0 aliphatic rings. The highest BCUT2D eigenvalue weighted by Crippen LogP contribution is 2.26. The fourth-order valence-electron chi connectivity index (χ4n) is 1.52. The van der Waals surface area contributed by atoms with Crippen molar-refractivity contribution in [3.63, 3.8) is 0 Å². The molecule has 0 aliphatic heterocycles. The molecule has 0 unspecified atom stereocenters. The van der Waals surface area contributed by atoms with Gasteiger partial charge in [0.1, 0.15) is 4.90 Å². The van der Waals surface area contributed by atoms with Gasteiger partial charge in [0.05, 0.1) is 5.69 Å². The number of aryl methyl sites for hydroxylation is 1. The first kappa shape index (κ1) is 13.0. The van der Waals surface area contributed by atoms with Gasteiger partial charge in [-0.2, -0.15) is 0 Å². The van der Waals surface area contributed by atoms with Gasteiger partial charge < -0.3 is 5.73 Å². The average Bonchev–Trinajstić information content (AvgIpc) is 2.72. The third-order valence-corrected chi connectivity index (χ3v) is 5.06. The van der Waals surface area contributed by atoms with Crippen LogP contribution in [0.15, 0.2) is 35.5 Å². The zero-order chi connectivity index (χ0) is 13.2. The maximum atomic E-state index is 12.2. The molecule has 0 saturated heterocycles. The van der Waals surface area contributed by atoms with Crippen molar-refractivity contribution < 1.29 is 8.42 Å². The molecular formula is C11H13N3O2S2. The highest BCUT2D eigenvalue weighted by atomic mass is 32.2. The summed E-state index contributed by atoms with van der Waals surface area (Å²) in [7, 11) is -3.56. The molecule has 0 aromatic carbocycles. The van der Waals surface area contributed by atoms with Crippen LogP contribution in [0.3, 0.4) is 0 Å². The van der Waals surface area contributed by atoms with Crippen LogP contribution in [-0.2, 0) is 16.6 Å².